The van der Waals surface area contributed by atoms with Crippen LogP contribution in [0.3, 0.4) is 0 Å². The Labute approximate surface area is 160 Å². The normalized spacial score (nSPS) is 17.7. The van der Waals surface area contributed by atoms with Crippen molar-refractivity contribution in [2.75, 3.05) is 19.6 Å². The summed E-state index contributed by atoms with van der Waals surface area (Å²) in [6.45, 7) is 13.7. The summed E-state index contributed by atoms with van der Waals surface area (Å²) >= 11 is 0. The highest BCUT2D eigenvalue weighted by Gasteiger charge is 2.28. The van der Waals surface area contributed by atoms with E-state index in [4.69, 9.17) is 4.74 Å². The Kier molecular flexibility index (Phi) is 6.81. The number of hydrogen-bond donors (Lipinski definition) is 2. The molecule has 1 saturated heterocycles. The second-order valence-electron chi connectivity index (χ2n) is 7.61. The lowest BCUT2D eigenvalue weighted by molar-refractivity contribution is 0.0507. The van der Waals surface area contributed by atoms with Gasteiger partial charge < -0.3 is 24.8 Å². The predicted octanol–water partition coefficient (Wildman–Crippen LogP) is 1.35. The largest absolute Gasteiger partial charge is 0.444 e. The van der Waals surface area contributed by atoms with E-state index in [0.29, 0.717) is 19.6 Å². The minimum Gasteiger partial charge on any atom is -0.444 e. The number of aromatic nitrogens is 3. The molecule has 0 aromatic carbocycles. The van der Waals surface area contributed by atoms with Gasteiger partial charge in [-0.3, -0.25) is 0 Å². The van der Waals surface area contributed by atoms with Gasteiger partial charge in [0.25, 0.3) is 0 Å². The number of carbonyl (C=O) groups is 1. The number of aliphatic imine (C=N–C) groups is 1. The van der Waals surface area contributed by atoms with Gasteiger partial charge in [-0.15, -0.1) is 16.8 Å². The van der Waals surface area contributed by atoms with E-state index in [-0.39, 0.29) is 12.1 Å². The van der Waals surface area contributed by atoms with Gasteiger partial charge in [-0.25, -0.2) is 9.79 Å². The topological polar surface area (TPSA) is 96.7 Å². The van der Waals surface area contributed by atoms with E-state index >= 15 is 0 Å². The zero-order valence-electron chi connectivity index (χ0n) is 16.9. The van der Waals surface area contributed by atoms with Gasteiger partial charge in [-0.05, 0) is 34.1 Å². The van der Waals surface area contributed by atoms with Crippen molar-refractivity contribution in [2.45, 2.75) is 52.3 Å². The van der Waals surface area contributed by atoms with Crippen LogP contribution in [-0.4, -0.2) is 63.0 Å². The minimum absolute atomic E-state index is 0.0210. The molecule has 1 aliphatic heterocycles. The molecule has 1 atom stereocenters. The molecule has 1 unspecified atom stereocenters. The molecule has 0 saturated carbocycles. The first-order chi connectivity index (χ1) is 12.7. The molecular formula is C18H31N7O2. The van der Waals surface area contributed by atoms with E-state index in [2.05, 4.69) is 37.3 Å². The van der Waals surface area contributed by atoms with E-state index in [9.17, 15) is 4.79 Å². The van der Waals surface area contributed by atoms with Crippen LogP contribution >= 0.6 is 0 Å². The van der Waals surface area contributed by atoms with Crippen LogP contribution in [0.2, 0.25) is 0 Å². The van der Waals surface area contributed by atoms with E-state index in [1.807, 2.05) is 39.3 Å². The number of rotatable bonds is 5. The predicted molar refractivity (Wildman–Crippen MR) is 104 cm³/mol. The van der Waals surface area contributed by atoms with Crippen molar-refractivity contribution in [3.05, 3.63) is 24.3 Å². The summed E-state index contributed by atoms with van der Waals surface area (Å²) in [4.78, 5) is 18.8. The number of amides is 1. The highest BCUT2D eigenvalue weighted by molar-refractivity contribution is 5.80. The van der Waals surface area contributed by atoms with Crippen LogP contribution in [0.5, 0.6) is 0 Å². The molecule has 1 amide bonds. The molecule has 1 fully saturated rings. The summed E-state index contributed by atoms with van der Waals surface area (Å²) < 4.78 is 7.26. The minimum atomic E-state index is -0.505. The average molecular weight is 377 g/mol. The molecule has 2 N–H and O–H groups in total. The SMILES string of the molecule is C=CCNC(=NCc1nnc(C)n1C)N1CCC(NC(=O)OC(C)(C)C)C1. The van der Waals surface area contributed by atoms with Gasteiger partial charge >= 0.3 is 6.09 Å². The molecule has 9 nitrogen and oxygen atoms in total. The maximum Gasteiger partial charge on any atom is 0.407 e. The first-order valence-electron chi connectivity index (χ1n) is 9.18. The number of hydrogen-bond acceptors (Lipinski definition) is 5. The summed E-state index contributed by atoms with van der Waals surface area (Å²) in [7, 11) is 1.92. The number of aryl methyl sites for hydroxylation is 1. The van der Waals surface area contributed by atoms with Crippen LogP contribution in [0.1, 0.15) is 38.8 Å². The van der Waals surface area contributed by atoms with Gasteiger partial charge in [-0.1, -0.05) is 6.08 Å². The fourth-order valence-electron chi connectivity index (χ4n) is 2.71. The summed E-state index contributed by atoms with van der Waals surface area (Å²) in [5, 5.41) is 14.4. The van der Waals surface area contributed by atoms with E-state index in [0.717, 1.165) is 30.6 Å². The second kappa shape index (κ2) is 8.88. The number of likely N-dealkylation sites (tertiary alicyclic amines) is 1. The lowest BCUT2D eigenvalue weighted by Crippen LogP contribution is -2.44. The molecule has 2 rings (SSSR count). The van der Waals surface area contributed by atoms with Gasteiger partial charge in [0.1, 0.15) is 18.0 Å². The quantitative estimate of drug-likeness (QED) is 0.457. The fraction of sp³-hybridized carbons (Fsp3) is 0.667. The van der Waals surface area contributed by atoms with Crippen molar-refractivity contribution in [3.63, 3.8) is 0 Å². The van der Waals surface area contributed by atoms with Gasteiger partial charge in [-0.2, -0.15) is 0 Å². The maximum absolute atomic E-state index is 12.0. The Hall–Kier alpha value is -2.58. The highest BCUT2D eigenvalue weighted by Crippen LogP contribution is 2.12. The lowest BCUT2D eigenvalue weighted by Gasteiger charge is -2.23. The number of nitrogens with zero attached hydrogens (tertiary/aromatic N) is 5. The van der Waals surface area contributed by atoms with Crippen molar-refractivity contribution in [3.8, 4) is 0 Å². The third-order valence-electron chi connectivity index (χ3n) is 4.17. The number of carbonyl (C=O) groups excluding carboxylic acids is 1. The Morgan fingerprint density at radius 1 is 1.44 bits per heavy atom. The van der Waals surface area contributed by atoms with Crippen LogP contribution < -0.4 is 10.6 Å². The Balaban J connectivity index is 1.98. The summed E-state index contributed by atoms with van der Waals surface area (Å²) in [5.41, 5.74) is -0.505. The standard InChI is InChI=1S/C18H31N7O2/c1-7-9-19-16(20-11-15-23-22-13(2)24(15)6)25-10-8-14(12-25)21-17(26)27-18(3,4)5/h7,14H,1,8-12H2,2-6H3,(H,19,20)(H,21,26). The Bertz CT molecular complexity index is 690. The van der Waals surface area contributed by atoms with E-state index in [1.54, 1.807) is 6.08 Å². The summed E-state index contributed by atoms with van der Waals surface area (Å²) in [6, 6.07) is 0.0210. The van der Waals surface area contributed by atoms with Crippen LogP contribution in [0, 0.1) is 6.92 Å². The number of guanidine groups is 1. The van der Waals surface area contributed by atoms with Crippen LogP contribution in [0.4, 0.5) is 4.79 Å². The van der Waals surface area contributed by atoms with Crippen LogP contribution in [-0.2, 0) is 18.3 Å². The zero-order valence-corrected chi connectivity index (χ0v) is 16.9. The van der Waals surface area contributed by atoms with Crippen molar-refractivity contribution in [1.29, 1.82) is 0 Å². The van der Waals surface area contributed by atoms with E-state index in [1.165, 1.54) is 0 Å². The molecule has 2 heterocycles. The molecule has 1 aliphatic rings. The fourth-order valence-corrected chi connectivity index (χ4v) is 2.71. The number of nitrogens with one attached hydrogen (secondary N) is 2. The van der Waals surface area contributed by atoms with Crippen molar-refractivity contribution >= 4 is 12.1 Å². The lowest BCUT2D eigenvalue weighted by atomic mass is 10.2. The third-order valence-corrected chi connectivity index (χ3v) is 4.17. The summed E-state index contributed by atoms with van der Waals surface area (Å²) in [6.07, 6.45) is 2.23. The molecule has 1 aromatic rings. The maximum atomic E-state index is 12.0. The second-order valence-corrected chi connectivity index (χ2v) is 7.61. The average Bonchev–Trinajstić information content (AvgIpc) is 3.14. The van der Waals surface area contributed by atoms with E-state index < -0.39 is 5.60 Å². The molecule has 0 radical (unpaired) electrons. The molecule has 0 spiro atoms. The molecule has 1 aromatic heterocycles. The Morgan fingerprint density at radius 2 is 2.19 bits per heavy atom. The smallest absolute Gasteiger partial charge is 0.407 e. The van der Waals surface area contributed by atoms with Crippen molar-refractivity contribution in [2.24, 2.45) is 12.0 Å². The van der Waals surface area contributed by atoms with Crippen LogP contribution in [0.25, 0.3) is 0 Å². The zero-order chi connectivity index (χ0) is 20.0. The number of ether oxygens (including phenoxy) is 1. The first kappa shape index (κ1) is 20.7. The van der Waals surface area contributed by atoms with Crippen LogP contribution in [0.15, 0.2) is 17.6 Å². The summed E-state index contributed by atoms with van der Waals surface area (Å²) in [5.74, 6) is 2.42. The molecule has 27 heavy (non-hydrogen) atoms. The Morgan fingerprint density at radius 3 is 2.78 bits per heavy atom. The first-order valence-corrected chi connectivity index (χ1v) is 9.18. The third kappa shape index (κ3) is 6.26. The molecule has 150 valence electrons. The molecule has 9 heteroatoms. The molecule has 0 aliphatic carbocycles. The molecule has 0 bridgehead atoms. The van der Waals surface area contributed by atoms with Crippen molar-refractivity contribution in [1.82, 2.24) is 30.3 Å². The highest BCUT2D eigenvalue weighted by atomic mass is 16.6. The monoisotopic (exact) mass is 377 g/mol. The van der Waals surface area contributed by atoms with Gasteiger partial charge in [0, 0.05) is 26.7 Å². The number of alkyl carbamates (subject to hydrolysis) is 1. The van der Waals surface area contributed by atoms with Gasteiger partial charge in [0.15, 0.2) is 11.8 Å². The van der Waals surface area contributed by atoms with Gasteiger partial charge in [0.05, 0.1) is 6.04 Å². The van der Waals surface area contributed by atoms with Crippen molar-refractivity contribution < 1.29 is 9.53 Å². The van der Waals surface area contributed by atoms with Gasteiger partial charge in [0.2, 0.25) is 0 Å². The molecular weight excluding hydrogens is 346 g/mol.